The van der Waals surface area contributed by atoms with Crippen LogP contribution in [0.25, 0.3) is 6.08 Å². The zero-order chi connectivity index (χ0) is 12.3. The van der Waals surface area contributed by atoms with Gasteiger partial charge in [0.25, 0.3) is 0 Å². The molecule has 4 nitrogen and oxygen atoms in total. The first-order valence-corrected chi connectivity index (χ1v) is 6.54. The molecular formula is C12H14INO3. The maximum atomic E-state index is 11.5. The number of halogens is 1. The number of hydrogen-bond acceptors (Lipinski definition) is 3. The highest BCUT2D eigenvalue weighted by Gasteiger charge is 2.41. The van der Waals surface area contributed by atoms with Gasteiger partial charge in [-0.25, -0.2) is 0 Å². The number of nitrogens with one attached hydrogen (secondary N) is 1. The Morgan fingerprint density at radius 3 is 2.88 bits per heavy atom. The van der Waals surface area contributed by atoms with Crippen LogP contribution < -0.4 is 5.32 Å². The minimum Gasteiger partial charge on any atom is -0.451 e. The summed E-state index contributed by atoms with van der Waals surface area (Å²) in [5.41, 5.74) is -0.0520. The monoisotopic (exact) mass is 347 g/mol. The molecule has 1 amide bonds. The van der Waals surface area contributed by atoms with Gasteiger partial charge in [0.15, 0.2) is 3.77 Å². The smallest absolute Gasteiger partial charge is 0.244 e. The molecule has 1 aromatic heterocycles. The van der Waals surface area contributed by atoms with Crippen LogP contribution in [-0.2, 0) is 4.79 Å². The number of furan rings is 1. The van der Waals surface area contributed by atoms with E-state index in [2.05, 4.69) is 27.9 Å². The summed E-state index contributed by atoms with van der Waals surface area (Å²) in [6.07, 6.45) is 5.06. The second-order valence-electron chi connectivity index (χ2n) is 4.35. The third-order valence-corrected chi connectivity index (χ3v) is 3.50. The van der Waals surface area contributed by atoms with E-state index in [1.54, 1.807) is 6.08 Å². The molecule has 1 heterocycles. The lowest BCUT2D eigenvalue weighted by atomic mass is 10.1. The van der Waals surface area contributed by atoms with Gasteiger partial charge in [-0.3, -0.25) is 4.79 Å². The molecule has 1 aliphatic carbocycles. The van der Waals surface area contributed by atoms with Gasteiger partial charge in [0.1, 0.15) is 5.76 Å². The second kappa shape index (κ2) is 5.22. The van der Waals surface area contributed by atoms with Gasteiger partial charge < -0.3 is 14.8 Å². The van der Waals surface area contributed by atoms with Crippen LogP contribution in [0, 0.1) is 9.18 Å². The van der Waals surface area contributed by atoms with Gasteiger partial charge in [-0.2, -0.15) is 0 Å². The molecular weight excluding hydrogens is 333 g/mol. The summed E-state index contributed by atoms with van der Waals surface area (Å²) in [7, 11) is 0. The molecule has 1 saturated carbocycles. The summed E-state index contributed by atoms with van der Waals surface area (Å²) >= 11 is 2.07. The second-order valence-corrected chi connectivity index (χ2v) is 5.41. The number of rotatable bonds is 5. The van der Waals surface area contributed by atoms with Crippen LogP contribution in [0.2, 0.25) is 0 Å². The van der Waals surface area contributed by atoms with Crippen LogP contribution in [-0.4, -0.2) is 24.2 Å². The molecule has 92 valence electrons. The summed E-state index contributed by atoms with van der Waals surface area (Å²) in [6, 6.07) is 3.64. The highest BCUT2D eigenvalue weighted by atomic mass is 127. The van der Waals surface area contributed by atoms with Crippen LogP contribution in [0.15, 0.2) is 22.6 Å². The summed E-state index contributed by atoms with van der Waals surface area (Å²) in [6.45, 7) is 0.690. The van der Waals surface area contributed by atoms with Gasteiger partial charge in [-0.1, -0.05) is 0 Å². The minimum absolute atomic E-state index is 0.0520. The Labute approximate surface area is 113 Å². The molecule has 0 spiro atoms. The molecule has 17 heavy (non-hydrogen) atoms. The Morgan fingerprint density at radius 2 is 2.35 bits per heavy atom. The number of carbonyl (C=O) groups is 1. The summed E-state index contributed by atoms with van der Waals surface area (Å²) in [5.74, 6) is 0.504. The van der Waals surface area contributed by atoms with E-state index in [9.17, 15) is 4.79 Å². The Balaban J connectivity index is 1.79. The van der Waals surface area contributed by atoms with Crippen molar-refractivity contribution in [3.63, 3.8) is 0 Å². The Kier molecular flexibility index (Phi) is 3.88. The normalized spacial score (nSPS) is 17.3. The number of aliphatic hydroxyl groups is 1. The Bertz CT molecular complexity index is 435. The average molecular weight is 347 g/mol. The van der Waals surface area contributed by atoms with Crippen LogP contribution in [0.5, 0.6) is 0 Å². The molecule has 2 rings (SSSR count). The van der Waals surface area contributed by atoms with Crippen LogP contribution in [0.1, 0.15) is 18.6 Å². The maximum absolute atomic E-state index is 11.5. The third-order valence-electron chi connectivity index (χ3n) is 2.92. The predicted molar refractivity (Wildman–Crippen MR) is 72.2 cm³/mol. The van der Waals surface area contributed by atoms with Gasteiger partial charge in [0.2, 0.25) is 5.91 Å². The molecule has 0 unspecified atom stereocenters. The van der Waals surface area contributed by atoms with E-state index < -0.39 is 0 Å². The van der Waals surface area contributed by atoms with Gasteiger partial charge in [-0.05, 0) is 53.6 Å². The molecule has 5 heteroatoms. The van der Waals surface area contributed by atoms with Crippen molar-refractivity contribution in [1.82, 2.24) is 5.32 Å². The number of aliphatic hydroxyl groups excluding tert-OH is 1. The van der Waals surface area contributed by atoms with Crippen molar-refractivity contribution >= 4 is 34.6 Å². The number of amides is 1. The van der Waals surface area contributed by atoms with Crippen molar-refractivity contribution in [2.75, 3.05) is 13.2 Å². The van der Waals surface area contributed by atoms with E-state index in [1.807, 2.05) is 12.1 Å². The van der Waals surface area contributed by atoms with Gasteiger partial charge in [-0.15, -0.1) is 0 Å². The van der Waals surface area contributed by atoms with Gasteiger partial charge in [0.05, 0.1) is 6.61 Å². The lowest BCUT2D eigenvalue weighted by Gasteiger charge is -2.10. The molecule has 1 fully saturated rings. The number of hydrogen-bond donors (Lipinski definition) is 2. The third kappa shape index (κ3) is 3.57. The zero-order valence-corrected chi connectivity index (χ0v) is 11.4. The first kappa shape index (κ1) is 12.6. The lowest BCUT2D eigenvalue weighted by molar-refractivity contribution is -0.116. The topological polar surface area (TPSA) is 62.5 Å². The van der Waals surface area contributed by atoms with Crippen molar-refractivity contribution in [3.8, 4) is 0 Å². The molecule has 0 bridgehead atoms. The van der Waals surface area contributed by atoms with Crippen molar-refractivity contribution in [3.05, 3.63) is 27.7 Å². The Hall–Kier alpha value is -0.820. The molecule has 0 aliphatic heterocycles. The van der Waals surface area contributed by atoms with E-state index in [0.717, 1.165) is 16.6 Å². The van der Waals surface area contributed by atoms with Gasteiger partial charge in [0, 0.05) is 18.0 Å². The highest BCUT2D eigenvalue weighted by Crippen LogP contribution is 2.44. The fraction of sp³-hybridized carbons (Fsp3) is 0.417. The molecule has 0 aromatic carbocycles. The summed E-state index contributed by atoms with van der Waals surface area (Å²) < 4.78 is 6.08. The first-order valence-electron chi connectivity index (χ1n) is 5.46. The van der Waals surface area contributed by atoms with E-state index in [1.165, 1.54) is 6.08 Å². The SMILES string of the molecule is O=C(/C=C/c1ccc(I)o1)NCC1(CO)CC1. The quantitative estimate of drug-likeness (QED) is 0.631. The fourth-order valence-electron chi connectivity index (χ4n) is 1.48. The molecule has 0 atom stereocenters. The molecule has 2 N–H and O–H groups in total. The average Bonchev–Trinajstić information content (AvgIpc) is 3.00. The van der Waals surface area contributed by atoms with Crippen molar-refractivity contribution in [2.24, 2.45) is 5.41 Å². The predicted octanol–water partition coefficient (Wildman–Crippen LogP) is 1.79. The standard InChI is InChI=1S/C12H14INO3/c13-10-3-1-9(17-10)2-4-11(16)14-7-12(8-15)5-6-12/h1-4,15H,5-8H2,(H,14,16)/b4-2+. The largest absolute Gasteiger partial charge is 0.451 e. The van der Waals surface area contributed by atoms with Gasteiger partial charge >= 0.3 is 0 Å². The molecule has 0 radical (unpaired) electrons. The Morgan fingerprint density at radius 1 is 1.59 bits per heavy atom. The van der Waals surface area contributed by atoms with E-state index in [4.69, 9.17) is 9.52 Å². The number of carbonyl (C=O) groups excluding carboxylic acids is 1. The summed E-state index contributed by atoms with van der Waals surface area (Å²) in [5, 5.41) is 11.9. The molecule has 0 saturated heterocycles. The zero-order valence-electron chi connectivity index (χ0n) is 9.28. The maximum Gasteiger partial charge on any atom is 0.244 e. The van der Waals surface area contributed by atoms with E-state index >= 15 is 0 Å². The van der Waals surface area contributed by atoms with E-state index in [-0.39, 0.29) is 17.9 Å². The first-order chi connectivity index (χ1) is 8.13. The lowest BCUT2D eigenvalue weighted by Crippen LogP contribution is -2.30. The fourth-order valence-corrected chi connectivity index (χ4v) is 1.91. The molecule has 1 aromatic rings. The van der Waals surface area contributed by atoms with Crippen molar-refractivity contribution in [2.45, 2.75) is 12.8 Å². The van der Waals surface area contributed by atoms with Crippen LogP contribution >= 0.6 is 22.6 Å². The van der Waals surface area contributed by atoms with Crippen LogP contribution in [0.3, 0.4) is 0 Å². The minimum atomic E-state index is -0.156. The van der Waals surface area contributed by atoms with Crippen LogP contribution in [0.4, 0.5) is 0 Å². The molecule has 1 aliphatic rings. The van der Waals surface area contributed by atoms with Crippen molar-refractivity contribution < 1.29 is 14.3 Å². The summed E-state index contributed by atoms with van der Waals surface area (Å²) in [4.78, 5) is 11.5. The van der Waals surface area contributed by atoms with Crippen molar-refractivity contribution in [1.29, 1.82) is 0 Å². The van der Waals surface area contributed by atoms with E-state index in [0.29, 0.717) is 12.3 Å². The highest BCUT2D eigenvalue weighted by molar-refractivity contribution is 14.1.